The van der Waals surface area contributed by atoms with Crippen molar-refractivity contribution in [3.8, 4) is 0 Å². The van der Waals surface area contributed by atoms with E-state index in [1.165, 1.54) is 5.56 Å². The second kappa shape index (κ2) is 4.70. The van der Waals surface area contributed by atoms with Crippen LogP contribution < -0.4 is 0 Å². The van der Waals surface area contributed by atoms with Gasteiger partial charge in [-0.05, 0) is 37.4 Å². The zero-order chi connectivity index (χ0) is 11.5. The van der Waals surface area contributed by atoms with Gasteiger partial charge in [-0.25, -0.2) is 0 Å². The van der Waals surface area contributed by atoms with Gasteiger partial charge >= 0.3 is 5.97 Å². The van der Waals surface area contributed by atoms with Crippen LogP contribution in [-0.2, 0) is 11.2 Å². The van der Waals surface area contributed by atoms with E-state index in [4.69, 9.17) is 5.11 Å². The van der Waals surface area contributed by atoms with Crippen molar-refractivity contribution >= 4 is 5.97 Å². The fourth-order valence-electron chi connectivity index (χ4n) is 2.08. The van der Waals surface area contributed by atoms with Crippen LogP contribution in [0.15, 0.2) is 18.5 Å². The number of carbonyl (C=O) groups is 1. The van der Waals surface area contributed by atoms with Gasteiger partial charge in [-0.3, -0.25) is 4.79 Å². The highest BCUT2D eigenvalue weighted by Gasteiger charge is 2.43. The number of aromatic nitrogens is 1. The summed E-state index contributed by atoms with van der Waals surface area (Å²) in [4.78, 5) is 15.9. The van der Waals surface area contributed by atoms with Gasteiger partial charge in [0.2, 0.25) is 0 Å². The van der Waals surface area contributed by atoms with Crippen LogP contribution in [0.1, 0.15) is 12.0 Å². The minimum absolute atomic E-state index is 0.0882. The largest absolute Gasteiger partial charge is 0.481 e. The number of nitrogens with one attached hydrogen (secondary N) is 1. The van der Waals surface area contributed by atoms with E-state index in [0.717, 1.165) is 25.9 Å². The molecule has 4 heteroatoms. The normalized spacial score (nSPS) is 23.6. The van der Waals surface area contributed by atoms with Crippen LogP contribution in [0.2, 0.25) is 0 Å². The summed E-state index contributed by atoms with van der Waals surface area (Å²) in [6.07, 6.45) is 5.80. The van der Waals surface area contributed by atoms with E-state index in [0.29, 0.717) is 5.92 Å². The van der Waals surface area contributed by atoms with Crippen LogP contribution >= 0.6 is 0 Å². The summed E-state index contributed by atoms with van der Waals surface area (Å²) in [5.41, 5.74) is 1.30. The van der Waals surface area contributed by atoms with Crippen molar-refractivity contribution < 1.29 is 9.90 Å². The third-order valence-electron chi connectivity index (χ3n) is 3.23. The Morgan fingerprint density at radius 2 is 2.50 bits per heavy atom. The van der Waals surface area contributed by atoms with E-state index in [2.05, 4.69) is 23.0 Å². The molecule has 1 saturated carbocycles. The Morgan fingerprint density at radius 1 is 1.69 bits per heavy atom. The van der Waals surface area contributed by atoms with Gasteiger partial charge < -0.3 is 15.0 Å². The van der Waals surface area contributed by atoms with Crippen LogP contribution in [0, 0.1) is 11.8 Å². The Morgan fingerprint density at radius 3 is 3.06 bits per heavy atom. The average molecular weight is 222 g/mol. The predicted octanol–water partition coefficient (Wildman–Crippen LogP) is 1.21. The second-order valence-electron chi connectivity index (χ2n) is 4.67. The zero-order valence-electron chi connectivity index (χ0n) is 9.52. The summed E-state index contributed by atoms with van der Waals surface area (Å²) in [6.45, 7) is 1.89. The van der Waals surface area contributed by atoms with Crippen LogP contribution in [0.3, 0.4) is 0 Å². The molecule has 0 bridgehead atoms. The first-order valence-corrected chi connectivity index (χ1v) is 5.70. The molecule has 1 aromatic rings. The summed E-state index contributed by atoms with van der Waals surface area (Å²) >= 11 is 0. The lowest BCUT2D eigenvalue weighted by atomic mass is 10.2. The highest BCUT2D eigenvalue weighted by molar-refractivity contribution is 5.73. The second-order valence-corrected chi connectivity index (χ2v) is 4.67. The van der Waals surface area contributed by atoms with Gasteiger partial charge in [0.1, 0.15) is 0 Å². The van der Waals surface area contributed by atoms with Gasteiger partial charge in [-0.2, -0.15) is 0 Å². The van der Waals surface area contributed by atoms with Crippen LogP contribution in [0.4, 0.5) is 0 Å². The van der Waals surface area contributed by atoms with Crippen molar-refractivity contribution in [1.29, 1.82) is 0 Å². The molecule has 1 aromatic heterocycles. The number of aromatic amines is 1. The molecule has 16 heavy (non-hydrogen) atoms. The van der Waals surface area contributed by atoms with Crippen molar-refractivity contribution in [3.05, 3.63) is 24.0 Å². The van der Waals surface area contributed by atoms with Gasteiger partial charge in [-0.15, -0.1) is 0 Å². The molecule has 1 aliphatic carbocycles. The highest BCUT2D eigenvalue weighted by Crippen LogP contribution is 2.38. The summed E-state index contributed by atoms with van der Waals surface area (Å²) in [7, 11) is 2.06. The predicted molar refractivity (Wildman–Crippen MR) is 61.2 cm³/mol. The lowest BCUT2D eigenvalue weighted by Gasteiger charge is -2.15. The summed E-state index contributed by atoms with van der Waals surface area (Å²) < 4.78 is 0. The quantitative estimate of drug-likeness (QED) is 0.760. The molecule has 1 heterocycles. The van der Waals surface area contributed by atoms with Crippen molar-refractivity contribution in [2.75, 3.05) is 20.1 Å². The maximum Gasteiger partial charge on any atom is 0.306 e. The number of hydrogen-bond donors (Lipinski definition) is 2. The van der Waals surface area contributed by atoms with Crippen LogP contribution in [0.5, 0.6) is 0 Å². The smallest absolute Gasteiger partial charge is 0.306 e. The fourth-order valence-corrected chi connectivity index (χ4v) is 2.08. The number of rotatable bonds is 6. The molecule has 88 valence electrons. The molecule has 0 amide bonds. The Kier molecular flexibility index (Phi) is 3.29. The molecule has 0 radical (unpaired) electrons. The Labute approximate surface area is 95.3 Å². The third-order valence-corrected chi connectivity index (χ3v) is 3.23. The summed E-state index contributed by atoms with van der Waals surface area (Å²) in [5, 5.41) is 8.79. The van der Waals surface area contributed by atoms with Crippen LogP contribution in [0.25, 0.3) is 0 Å². The van der Waals surface area contributed by atoms with E-state index >= 15 is 0 Å². The van der Waals surface area contributed by atoms with E-state index in [-0.39, 0.29) is 5.92 Å². The van der Waals surface area contributed by atoms with E-state index in [1.54, 1.807) is 0 Å². The SMILES string of the molecule is CN(CCc1cc[nH]c1)CC1CC1C(=O)O. The maximum absolute atomic E-state index is 10.7. The maximum atomic E-state index is 10.7. The van der Waals surface area contributed by atoms with E-state index in [1.807, 2.05) is 12.4 Å². The molecular weight excluding hydrogens is 204 g/mol. The molecule has 0 aromatic carbocycles. The lowest BCUT2D eigenvalue weighted by Crippen LogP contribution is -2.24. The van der Waals surface area contributed by atoms with Gasteiger partial charge in [0.05, 0.1) is 5.92 Å². The molecule has 0 spiro atoms. The van der Waals surface area contributed by atoms with Gasteiger partial charge in [0.15, 0.2) is 0 Å². The van der Waals surface area contributed by atoms with Crippen LogP contribution in [-0.4, -0.2) is 41.1 Å². The van der Waals surface area contributed by atoms with E-state index in [9.17, 15) is 4.79 Å². The number of nitrogens with zero attached hydrogens (tertiary/aromatic N) is 1. The van der Waals surface area contributed by atoms with Crippen molar-refractivity contribution in [3.63, 3.8) is 0 Å². The Balaban J connectivity index is 1.66. The molecule has 2 atom stereocenters. The number of aliphatic carboxylic acids is 1. The molecule has 0 aliphatic heterocycles. The summed E-state index contributed by atoms with van der Waals surface area (Å²) in [6, 6.07) is 2.07. The zero-order valence-corrected chi connectivity index (χ0v) is 9.52. The first-order valence-electron chi connectivity index (χ1n) is 5.70. The molecule has 2 N–H and O–H groups in total. The fraction of sp³-hybridized carbons (Fsp3) is 0.583. The number of carboxylic acids is 1. The van der Waals surface area contributed by atoms with Crippen molar-refractivity contribution in [2.24, 2.45) is 11.8 Å². The topological polar surface area (TPSA) is 56.3 Å². The Bertz CT molecular complexity index is 348. The highest BCUT2D eigenvalue weighted by atomic mass is 16.4. The first-order chi connectivity index (χ1) is 7.66. The van der Waals surface area contributed by atoms with Crippen molar-refractivity contribution in [1.82, 2.24) is 9.88 Å². The molecule has 1 fully saturated rings. The van der Waals surface area contributed by atoms with Gasteiger partial charge in [0.25, 0.3) is 0 Å². The third kappa shape index (κ3) is 2.85. The molecule has 2 unspecified atom stereocenters. The lowest BCUT2D eigenvalue weighted by molar-refractivity contribution is -0.138. The molecule has 1 aliphatic rings. The number of H-pyrrole nitrogens is 1. The van der Waals surface area contributed by atoms with Gasteiger partial charge in [-0.1, -0.05) is 0 Å². The first kappa shape index (κ1) is 11.2. The van der Waals surface area contributed by atoms with E-state index < -0.39 is 5.97 Å². The molecule has 2 rings (SSSR count). The number of carboxylic acid groups (broad SMARTS) is 1. The molecule has 4 nitrogen and oxygen atoms in total. The minimum Gasteiger partial charge on any atom is -0.481 e. The molecule has 0 saturated heterocycles. The van der Waals surface area contributed by atoms with Crippen molar-refractivity contribution in [2.45, 2.75) is 12.8 Å². The Hall–Kier alpha value is -1.29. The monoisotopic (exact) mass is 222 g/mol. The summed E-state index contributed by atoms with van der Waals surface area (Å²) in [5.74, 6) is -0.354. The minimum atomic E-state index is -0.635. The average Bonchev–Trinajstić information content (AvgIpc) is 2.81. The van der Waals surface area contributed by atoms with Gasteiger partial charge in [0, 0.05) is 25.5 Å². The molecular formula is C12H18N2O2. The number of likely N-dealkylation sites (N-methyl/N-ethyl adjacent to an activating group) is 1. The number of hydrogen-bond acceptors (Lipinski definition) is 2. The standard InChI is InChI=1S/C12H18N2O2/c1-14(5-3-9-2-4-13-7-9)8-10-6-11(10)12(15)16/h2,4,7,10-11,13H,3,5-6,8H2,1H3,(H,15,16).